The van der Waals surface area contributed by atoms with E-state index in [1.165, 1.54) is 12.4 Å². The van der Waals surface area contributed by atoms with E-state index >= 15 is 0 Å². The molecule has 1 aromatic rings. The van der Waals surface area contributed by atoms with Gasteiger partial charge in [-0.05, 0) is 28.8 Å². The van der Waals surface area contributed by atoms with Crippen molar-refractivity contribution in [3.05, 3.63) is 17.0 Å². The van der Waals surface area contributed by atoms with Crippen LogP contribution >= 0.6 is 15.9 Å². The minimum Gasteiger partial charge on any atom is -0.308 e. The van der Waals surface area contributed by atoms with Crippen LogP contribution in [0.3, 0.4) is 0 Å². The van der Waals surface area contributed by atoms with E-state index in [4.69, 9.17) is 5.26 Å². The molecule has 1 aliphatic carbocycles. The van der Waals surface area contributed by atoms with Gasteiger partial charge in [-0.25, -0.2) is 9.97 Å². The SMILES string of the molecule is N#CC1(C(=O)Nc2cnc(Br)cn2)CC1. The molecule has 0 radical (unpaired) electrons. The van der Waals surface area contributed by atoms with Crippen LogP contribution in [0.2, 0.25) is 0 Å². The lowest BCUT2D eigenvalue weighted by Gasteiger charge is -2.06. The smallest absolute Gasteiger partial charge is 0.246 e. The molecular formula is C9H7BrN4O. The predicted molar refractivity (Wildman–Crippen MR) is 55.6 cm³/mol. The standard InChI is InChI=1S/C9H7BrN4O/c10-6-3-13-7(4-12-6)14-8(15)9(5-11)1-2-9/h3-4H,1-2H2,(H,13,14,15). The molecule has 1 heterocycles. The molecule has 76 valence electrons. The molecule has 0 aromatic carbocycles. The summed E-state index contributed by atoms with van der Waals surface area (Å²) in [6.45, 7) is 0. The lowest BCUT2D eigenvalue weighted by molar-refractivity contribution is -0.119. The van der Waals surface area contributed by atoms with E-state index < -0.39 is 5.41 Å². The fraction of sp³-hybridized carbons (Fsp3) is 0.333. The summed E-state index contributed by atoms with van der Waals surface area (Å²) in [7, 11) is 0. The maximum atomic E-state index is 11.6. The first-order chi connectivity index (χ1) is 7.16. The number of hydrogen-bond donors (Lipinski definition) is 1. The zero-order valence-corrected chi connectivity index (χ0v) is 9.28. The van der Waals surface area contributed by atoms with Crippen molar-refractivity contribution in [2.24, 2.45) is 5.41 Å². The summed E-state index contributed by atoms with van der Waals surface area (Å²) in [6.07, 6.45) is 4.18. The Bertz CT molecular complexity index is 432. The van der Waals surface area contributed by atoms with Gasteiger partial charge in [-0.3, -0.25) is 4.79 Å². The number of nitrogens with one attached hydrogen (secondary N) is 1. The molecule has 15 heavy (non-hydrogen) atoms. The minimum atomic E-state index is -0.825. The Labute approximate surface area is 94.7 Å². The number of anilines is 1. The van der Waals surface area contributed by atoms with Crippen molar-refractivity contribution in [3.8, 4) is 6.07 Å². The first-order valence-corrected chi connectivity index (χ1v) is 5.16. The normalized spacial score (nSPS) is 16.5. The lowest BCUT2D eigenvalue weighted by atomic mass is 10.1. The van der Waals surface area contributed by atoms with Crippen LogP contribution in [0, 0.1) is 16.7 Å². The van der Waals surface area contributed by atoms with Crippen LogP contribution in [-0.2, 0) is 4.79 Å². The fourth-order valence-corrected chi connectivity index (χ4v) is 1.33. The van der Waals surface area contributed by atoms with E-state index in [1.807, 2.05) is 6.07 Å². The van der Waals surface area contributed by atoms with E-state index in [2.05, 4.69) is 31.2 Å². The minimum absolute atomic E-state index is 0.290. The molecule has 0 saturated heterocycles. The molecule has 0 atom stereocenters. The quantitative estimate of drug-likeness (QED) is 0.880. The van der Waals surface area contributed by atoms with Gasteiger partial charge in [0, 0.05) is 0 Å². The van der Waals surface area contributed by atoms with Crippen molar-refractivity contribution < 1.29 is 4.79 Å². The zero-order valence-electron chi connectivity index (χ0n) is 7.70. The Hall–Kier alpha value is -1.48. The van der Waals surface area contributed by atoms with Gasteiger partial charge in [-0.15, -0.1) is 0 Å². The molecule has 2 rings (SSSR count). The van der Waals surface area contributed by atoms with Crippen molar-refractivity contribution in [2.45, 2.75) is 12.8 Å². The monoisotopic (exact) mass is 266 g/mol. The van der Waals surface area contributed by atoms with E-state index in [-0.39, 0.29) is 5.91 Å². The number of halogens is 1. The Morgan fingerprint density at radius 2 is 2.27 bits per heavy atom. The van der Waals surface area contributed by atoms with Crippen molar-refractivity contribution in [2.75, 3.05) is 5.32 Å². The summed E-state index contributed by atoms with van der Waals surface area (Å²) in [5.41, 5.74) is -0.825. The summed E-state index contributed by atoms with van der Waals surface area (Å²) < 4.78 is 0.599. The lowest BCUT2D eigenvalue weighted by Crippen LogP contribution is -2.23. The number of amides is 1. The highest BCUT2D eigenvalue weighted by molar-refractivity contribution is 9.10. The molecule has 0 unspecified atom stereocenters. The summed E-state index contributed by atoms with van der Waals surface area (Å²) in [6, 6.07) is 2.01. The van der Waals surface area contributed by atoms with Crippen LogP contribution in [0.4, 0.5) is 5.82 Å². The Kier molecular flexibility index (Phi) is 2.40. The summed E-state index contributed by atoms with van der Waals surface area (Å²) in [5.74, 6) is 0.0753. The molecule has 1 fully saturated rings. The van der Waals surface area contributed by atoms with Gasteiger partial charge in [-0.2, -0.15) is 5.26 Å². The van der Waals surface area contributed by atoms with Gasteiger partial charge in [0.05, 0.1) is 18.5 Å². The summed E-state index contributed by atoms with van der Waals surface area (Å²) in [4.78, 5) is 19.5. The Morgan fingerprint density at radius 3 is 2.73 bits per heavy atom. The number of aromatic nitrogens is 2. The van der Waals surface area contributed by atoms with Crippen LogP contribution < -0.4 is 5.32 Å². The third-order valence-corrected chi connectivity index (χ3v) is 2.67. The highest BCUT2D eigenvalue weighted by Gasteiger charge is 2.50. The molecule has 1 amide bonds. The first kappa shape index (κ1) is 10.1. The highest BCUT2D eigenvalue weighted by Crippen LogP contribution is 2.45. The van der Waals surface area contributed by atoms with Gasteiger partial charge in [0.25, 0.3) is 0 Å². The average molecular weight is 267 g/mol. The number of hydrogen-bond acceptors (Lipinski definition) is 4. The predicted octanol–water partition coefficient (Wildman–Crippen LogP) is 1.48. The Morgan fingerprint density at radius 1 is 1.53 bits per heavy atom. The molecule has 0 bridgehead atoms. The third kappa shape index (κ3) is 1.97. The molecular weight excluding hydrogens is 260 g/mol. The molecule has 1 aliphatic rings. The molecule has 1 saturated carbocycles. The Balaban J connectivity index is 2.07. The van der Waals surface area contributed by atoms with E-state index in [9.17, 15) is 4.79 Å². The molecule has 0 spiro atoms. The van der Waals surface area contributed by atoms with Gasteiger partial charge >= 0.3 is 0 Å². The third-order valence-electron chi connectivity index (χ3n) is 2.26. The summed E-state index contributed by atoms with van der Waals surface area (Å²) >= 11 is 3.14. The number of carbonyl (C=O) groups excluding carboxylic acids is 1. The van der Waals surface area contributed by atoms with Crippen molar-refractivity contribution in [1.82, 2.24) is 9.97 Å². The molecule has 1 aromatic heterocycles. The summed E-state index contributed by atoms with van der Waals surface area (Å²) in [5, 5.41) is 11.4. The topological polar surface area (TPSA) is 78.7 Å². The second-order valence-electron chi connectivity index (χ2n) is 3.37. The van der Waals surface area contributed by atoms with Gasteiger partial charge in [0.2, 0.25) is 5.91 Å². The van der Waals surface area contributed by atoms with Gasteiger partial charge in [-0.1, -0.05) is 0 Å². The maximum absolute atomic E-state index is 11.6. The van der Waals surface area contributed by atoms with E-state index in [0.29, 0.717) is 23.3 Å². The molecule has 1 N–H and O–H groups in total. The second-order valence-corrected chi connectivity index (χ2v) is 4.18. The van der Waals surface area contributed by atoms with Crippen LogP contribution in [0.5, 0.6) is 0 Å². The van der Waals surface area contributed by atoms with Crippen LogP contribution in [0.15, 0.2) is 17.0 Å². The van der Waals surface area contributed by atoms with Crippen molar-refractivity contribution in [3.63, 3.8) is 0 Å². The van der Waals surface area contributed by atoms with E-state index in [1.54, 1.807) is 0 Å². The highest BCUT2D eigenvalue weighted by atomic mass is 79.9. The van der Waals surface area contributed by atoms with Crippen LogP contribution in [0.25, 0.3) is 0 Å². The van der Waals surface area contributed by atoms with Gasteiger partial charge in [0.15, 0.2) is 5.82 Å². The zero-order chi connectivity index (χ0) is 10.9. The van der Waals surface area contributed by atoms with Crippen molar-refractivity contribution >= 4 is 27.7 Å². The van der Waals surface area contributed by atoms with Crippen LogP contribution in [-0.4, -0.2) is 15.9 Å². The maximum Gasteiger partial charge on any atom is 0.246 e. The van der Waals surface area contributed by atoms with Crippen molar-refractivity contribution in [1.29, 1.82) is 5.26 Å². The van der Waals surface area contributed by atoms with Gasteiger partial charge in [0.1, 0.15) is 10.0 Å². The average Bonchev–Trinajstić information content (AvgIpc) is 3.02. The van der Waals surface area contributed by atoms with E-state index in [0.717, 1.165) is 0 Å². The molecule has 0 aliphatic heterocycles. The number of nitrogens with zero attached hydrogens (tertiary/aromatic N) is 3. The number of carbonyl (C=O) groups is 1. The largest absolute Gasteiger partial charge is 0.308 e. The number of nitriles is 1. The molecule has 5 nitrogen and oxygen atoms in total. The molecule has 6 heteroatoms. The number of rotatable bonds is 2. The van der Waals surface area contributed by atoms with Gasteiger partial charge < -0.3 is 5.32 Å². The second kappa shape index (κ2) is 3.59. The van der Waals surface area contributed by atoms with Crippen LogP contribution in [0.1, 0.15) is 12.8 Å². The fourth-order valence-electron chi connectivity index (χ4n) is 1.13. The first-order valence-electron chi connectivity index (χ1n) is 4.36.